The van der Waals surface area contributed by atoms with Gasteiger partial charge in [-0.1, -0.05) is 60.7 Å². The van der Waals surface area contributed by atoms with E-state index < -0.39 is 0 Å². The first-order chi connectivity index (χ1) is 21.0. The fourth-order valence-electron chi connectivity index (χ4n) is 5.52. The molecule has 0 fully saturated rings. The third-order valence-electron chi connectivity index (χ3n) is 8.06. The molecular weight excluding hydrogens is 528 g/mol. The Morgan fingerprint density at radius 3 is 1.00 bits per heavy atom. The first-order valence-corrected chi connectivity index (χ1v) is 15.4. The lowest BCUT2D eigenvalue weighted by Crippen LogP contribution is -2.21. The topological polar surface area (TPSA) is 24.9 Å². The Bertz CT molecular complexity index is 1350. The van der Waals surface area contributed by atoms with Crippen molar-refractivity contribution in [2.75, 3.05) is 50.2 Å². The van der Waals surface area contributed by atoms with Crippen LogP contribution in [0.2, 0.25) is 0 Å². The van der Waals surface area contributed by atoms with Crippen LogP contribution in [-0.2, 0) is 0 Å². The molecule has 4 rings (SSSR count). The molecule has 4 heteroatoms. The van der Waals surface area contributed by atoms with E-state index in [1.165, 1.54) is 44.8 Å². The number of hydrogen-bond acceptors (Lipinski definition) is 4. The van der Waals surface area contributed by atoms with Crippen molar-refractivity contribution >= 4 is 22.5 Å². The molecule has 0 unspecified atom stereocenters. The number of rotatable bonds is 14. The Labute approximate surface area is 258 Å². The SMILES string of the molecule is CCN(CC)c1ccc(/C(=C/C/C=C(\c2ccc(OC)cc2)c2ccc(N(CC)CC)cc2)c2ccc(OC)cc2)cc1. The molecule has 0 aliphatic heterocycles. The highest BCUT2D eigenvalue weighted by atomic mass is 16.5. The summed E-state index contributed by atoms with van der Waals surface area (Å²) in [4.78, 5) is 4.74. The molecule has 224 valence electrons. The minimum Gasteiger partial charge on any atom is -0.497 e. The van der Waals surface area contributed by atoms with Crippen molar-refractivity contribution in [2.24, 2.45) is 0 Å². The standard InChI is InChI=1S/C39H46N2O2/c1-7-40(8-2)34-22-14-30(15-23-34)38(32-18-26-36(42-5)27-19-32)12-11-13-39(33-20-28-37(43-6)29-21-33)31-16-24-35(25-17-31)41(9-3)10-4/h12-29H,7-11H2,1-6H3/b38-12-,39-13-. The number of nitrogens with zero attached hydrogens (tertiary/aromatic N) is 2. The van der Waals surface area contributed by atoms with Crippen LogP contribution in [0.5, 0.6) is 11.5 Å². The van der Waals surface area contributed by atoms with Crippen molar-refractivity contribution in [3.8, 4) is 11.5 Å². The van der Waals surface area contributed by atoms with Crippen molar-refractivity contribution in [2.45, 2.75) is 34.1 Å². The van der Waals surface area contributed by atoms with Crippen molar-refractivity contribution in [1.82, 2.24) is 0 Å². The summed E-state index contributed by atoms with van der Waals surface area (Å²) in [5, 5.41) is 0. The van der Waals surface area contributed by atoms with E-state index >= 15 is 0 Å². The summed E-state index contributed by atoms with van der Waals surface area (Å²) in [5.41, 5.74) is 9.63. The van der Waals surface area contributed by atoms with Crippen LogP contribution >= 0.6 is 0 Å². The molecular formula is C39H46N2O2. The Morgan fingerprint density at radius 1 is 0.465 bits per heavy atom. The van der Waals surface area contributed by atoms with Gasteiger partial charge in [-0.25, -0.2) is 0 Å². The quantitative estimate of drug-likeness (QED) is 0.150. The summed E-state index contributed by atoms with van der Waals surface area (Å²) in [5.74, 6) is 1.71. The van der Waals surface area contributed by atoms with E-state index in [9.17, 15) is 0 Å². The van der Waals surface area contributed by atoms with Gasteiger partial charge < -0.3 is 19.3 Å². The minimum absolute atomic E-state index is 0.776. The van der Waals surface area contributed by atoms with Crippen LogP contribution in [0, 0.1) is 0 Å². The summed E-state index contributed by atoms with van der Waals surface area (Å²) in [6.45, 7) is 12.8. The van der Waals surface area contributed by atoms with Crippen LogP contribution in [0.1, 0.15) is 56.4 Å². The fourth-order valence-corrected chi connectivity index (χ4v) is 5.52. The molecule has 0 amide bonds. The lowest BCUT2D eigenvalue weighted by molar-refractivity contribution is 0.414. The maximum absolute atomic E-state index is 5.44. The number of anilines is 2. The zero-order valence-corrected chi connectivity index (χ0v) is 26.6. The highest BCUT2D eigenvalue weighted by Gasteiger charge is 2.10. The van der Waals surface area contributed by atoms with Crippen molar-refractivity contribution in [1.29, 1.82) is 0 Å². The first-order valence-electron chi connectivity index (χ1n) is 15.4. The van der Waals surface area contributed by atoms with Gasteiger partial charge in [0, 0.05) is 37.6 Å². The van der Waals surface area contributed by atoms with E-state index in [1.807, 2.05) is 24.3 Å². The zero-order valence-electron chi connectivity index (χ0n) is 26.6. The molecule has 0 atom stereocenters. The van der Waals surface area contributed by atoms with Gasteiger partial charge in [0.25, 0.3) is 0 Å². The van der Waals surface area contributed by atoms with Gasteiger partial charge in [0.15, 0.2) is 0 Å². The number of benzene rings is 4. The van der Waals surface area contributed by atoms with Gasteiger partial charge >= 0.3 is 0 Å². The number of hydrogen-bond donors (Lipinski definition) is 0. The molecule has 4 aromatic rings. The lowest BCUT2D eigenvalue weighted by Gasteiger charge is -2.21. The van der Waals surface area contributed by atoms with Crippen LogP contribution in [0.25, 0.3) is 11.1 Å². The second kappa shape index (κ2) is 15.7. The summed E-state index contributed by atoms with van der Waals surface area (Å²) in [7, 11) is 3.41. The second-order valence-corrected chi connectivity index (χ2v) is 10.4. The largest absolute Gasteiger partial charge is 0.497 e. The summed E-state index contributed by atoms with van der Waals surface area (Å²) in [6.07, 6.45) is 5.45. The molecule has 0 spiro atoms. The average Bonchev–Trinajstić information content (AvgIpc) is 3.07. The molecule has 0 saturated carbocycles. The van der Waals surface area contributed by atoms with Crippen molar-refractivity contribution in [3.05, 3.63) is 131 Å². The molecule has 0 N–H and O–H groups in total. The number of methoxy groups -OCH3 is 2. The van der Waals surface area contributed by atoms with E-state index in [0.717, 1.165) is 44.1 Å². The normalized spacial score (nSPS) is 11.8. The maximum atomic E-state index is 5.44. The summed E-state index contributed by atoms with van der Waals surface area (Å²) < 4.78 is 10.9. The first kappa shape index (κ1) is 31.5. The smallest absolute Gasteiger partial charge is 0.118 e. The van der Waals surface area contributed by atoms with E-state index in [2.05, 4.69) is 122 Å². The Kier molecular flexibility index (Phi) is 11.5. The van der Waals surface area contributed by atoms with Crippen LogP contribution in [0.15, 0.2) is 109 Å². The maximum Gasteiger partial charge on any atom is 0.118 e. The second-order valence-electron chi connectivity index (χ2n) is 10.4. The van der Waals surface area contributed by atoms with Gasteiger partial charge in [0.05, 0.1) is 14.2 Å². The van der Waals surface area contributed by atoms with Crippen LogP contribution in [-0.4, -0.2) is 40.4 Å². The number of allylic oxidation sites excluding steroid dienone is 2. The summed E-state index contributed by atoms with van der Waals surface area (Å²) in [6, 6.07) is 34.6. The molecule has 0 saturated heterocycles. The van der Waals surface area contributed by atoms with Gasteiger partial charge in [-0.3, -0.25) is 0 Å². The molecule has 0 radical (unpaired) electrons. The molecule has 0 aliphatic carbocycles. The van der Waals surface area contributed by atoms with E-state index in [-0.39, 0.29) is 0 Å². The molecule has 43 heavy (non-hydrogen) atoms. The molecule has 4 aromatic carbocycles. The van der Waals surface area contributed by atoms with Crippen molar-refractivity contribution in [3.63, 3.8) is 0 Å². The monoisotopic (exact) mass is 574 g/mol. The molecule has 0 heterocycles. The Balaban J connectivity index is 1.74. The molecule has 0 aromatic heterocycles. The highest BCUT2D eigenvalue weighted by Crippen LogP contribution is 2.31. The third-order valence-corrected chi connectivity index (χ3v) is 8.06. The lowest BCUT2D eigenvalue weighted by atomic mass is 9.94. The van der Waals surface area contributed by atoms with Gasteiger partial charge in [-0.15, -0.1) is 0 Å². The van der Waals surface area contributed by atoms with Gasteiger partial charge in [-0.2, -0.15) is 0 Å². The van der Waals surface area contributed by atoms with Gasteiger partial charge in [-0.05, 0) is 116 Å². The predicted molar refractivity (Wildman–Crippen MR) is 185 cm³/mol. The zero-order chi connectivity index (χ0) is 30.6. The molecule has 4 nitrogen and oxygen atoms in total. The van der Waals surface area contributed by atoms with Gasteiger partial charge in [0.1, 0.15) is 11.5 Å². The van der Waals surface area contributed by atoms with Crippen molar-refractivity contribution < 1.29 is 9.47 Å². The fraction of sp³-hybridized carbons (Fsp3) is 0.282. The van der Waals surface area contributed by atoms with Gasteiger partial charge in [0.2, 0.25) is 0 Å². The Morgan fingerprint density at radius 2 is 0.744 bits per heavy atom. The van der Waals surface area contributed by atoms with E-state index in [4.69, 9.17) is 9.47 Å². The molecule has 0 bridgehead atoms. The summed E-state index contributed by atoms with van der Waals surface area (Å²) >= 11 is 0. The minimum atomic E-state index is 0.776. The third kappa shape index (κ3) is 7.90. The van der Waals surface area contributed by atoms with E-state index in [1.54, 1.807) is 14.2 Å². The van der Waals surface area contributed by atoms with E-state index in [0.29, 0.717) is 0 Å². The van der Waals surface area contributed by atoms with Crippen LogP contribution in [0.4, 0.5) is 11.4 Å². The average molecular weight is 575 g/mol. The molecule has 0 aliphatic rings. The highest BCUT2D eigenvalue weighted by molar-refractivity contribution is 5.83. The number of ether oxygens (including phenoxy) is 2. The Hall–Kier alpha value is -4.44. The van der Waals surface area contributed by atoms with Crippen LogP contribution in [0.3, 0.4) is 0 Å². The predicted octanol–water partition coefficient (Wildman–Crippen LogP) is 9.35. The van der Waals surface area contributed by atoms with Crippen LogP contribution < -0.4 is 19.3 Å².